The highest BCUT2D eigenvalue weighted by atomic mass is 16.6. The summed E-state index contributed by atoms with van der Waals surface area (Å²) in [5.41, 5.74) is 2.63. The lowest BCUT2D eigenvalue weighted by molar-refractivity contribution is -0.384. The van der Waals surface area contributed by atoms with E-state index in [1.807, 2.05) is 24.3 Å². The first kappa shape index (κ1) is 23.7. The van der Waals surface area contributed by atoms with Crippen LogP contribution < -0.4 is 4.74 Å². The SMILES string of the molecule is CCCCCCCOc1ccc(N=Nc2ccc(N=Nc3ccc([N+](=O)[O-])cc3)cc2)cc1. The van der Waals surface area contributed by atoms with Crippen LogP contribution >= 0.6 is 0 Å². The Balaban J connectivity index is 1.48. The first-order valence-electron chi connectivity index (χ1n) is 11.0. The molecular weight excluding hydrogens is 418 g/mol. The monoisotopic (exact) mass is 445 g/mol. The zero-order chi connectivity index (χ0) is 23.3. The van der Waals surface area contributed by atoms with Gasteiger partial charge in [0, 0.05) is 12.1 Å². The molecule has 3 rings (SSSR count). The molecular formula is C25H27N5O3. The number of hydrogen-bond donors (Lipinski definition) is 0. The van der Waals surface area contributed by atoms with E-state index >= 15 is 0 Å². The van der Waals surface area contributed by atoms with Gasteiger partial charge in [-0.15, -0.1) is 0 Å². The highest BCUT2D eigenvalue weighted by Gasteiger charge is 2.03. The van der Waals surface area contributed by atoms with Gasteiger partial charge < -0.3 is 4.74 Å². The van der Waals surface area contributed by atoms with Crippen LogP contribution in [0.1, 0.15) is 39.0 Å². The third-order valence-electron chi connectivity index (χ3n) is 4.83. The maximum Gasteiger partial charge on any atom is 0.269 e. The first-order valence-corrected chi connectivity index (χ1v) is 11.0. The Bertz CT molecular complexity index is 1060. The van der Waals surface area contributed by atoms with Gasteiger partial charge in [0.2, 0.25) is 0 Å². The minimum Gasteiger partial charge on any atom is -0.494 e. The summed E-state index contributed by atoms with van der Waals surface area (Å²) in [7, 11) is 0. The number of rotatable bonds is 12. The Morgan fingerprint density at radius 2 is 1.09 bits per heavy atom. The molecule has 0 amide bonds. The molecule has 170 valence electrons. The van der Waals surface area contributed by atoms with Gasteiger partial charge in [-0.25, -0.2) is 0 Å². The molecule has 0 aliphatic carbocycles. The van der Waals surface area contributed by atoms with Crippen molar-refractivity contribution in [3.8, 4) is 5.75 Å². The van der Waals surface area contributed by atoms with Gasteiger partial charge >= 0.3 is 0 Å². The van der Waals surface area contributed by atoms with Crippen molar-refractivity contribution in [3.63, 3.8) is 0 Å². The van der Waals surface area contributed by atoms with Crippen molar-refractivity contribution in [2.75, 3.05) is 6.61 Å². The Morgan fingerprint density at radius 3 is 1.55 bits per heavy atom. The third-order valence-corrected chi connectivity index (χ3v) is 4.83. The van der Waals surface area contributed by atoms with E-state index in [9.17, 15) is 10.1 Å². The van der Waals surface area contributed by atoms with Crippen molar-refractivity contribution in [2.24, 2.45) is 20.5 Å². The molecule has 8 nitrogen and oxygen atoms in total. The summed E-state index contributed by atoms with van der Waals surface area (Å²) in [5.74, 6) is 0.840. The van der Waals surface area contributed by atoms with Crippen molar-refractivity contribution in [3.05, 3.63) is 82.9 Å². The van der Waals surface area contributed by atoms with Crippen LogP contribution in [0.5, 0.6) is 5.75 Å². The van der Waals surface area contributed by atoms with Crippen molar-refractivity contribution in [2.45, 2.75) is 39.0 Å². The lowest BCUT2D eigenvalue weighted by Crippen LogP contribution is -1.96. The van der Waals surface area contributed by atoms with Crippen LogP contribution in [0.3, 0.4) is 0 Å². The zero-order valence-electron chi connectivity index (χ0n) is 18.6. The average Bonchev–Trinajstić information content (AvgIpc) is 2.85. The molecule has 0 atom stereocenters. The van der Waals surface area contributed by atoms with Gasteiger partial charge in [-0.2, -0.15) is 20.5 Å². The lowest BCUT2D eigenvalue weighted by Gasteiger charge is -2.05. The zero-order valence-corrected chi connectivity index (χ0v) is 18.6. The maximum absolute atomic E-state index is 10.7. The second-order valence-corrected chi connectivity index (χ2v) is 7.45. The van der Waals surface area contributed by atoms with Crippen LogP contribution in [-0.2, 0) is 0 Å². The number of nitro benzene ring substituents is 1. The molecule has 0 saturated carbocycles. The summed E-state index contributed by atoms with van der Waals surface area (Å²) in [6.07, 6.45) is 6.08. The minimum absolute atomic E-state index is 0.0173. The Kier molecular flexibility index (Phi) is 9.20. The molecule has 3 aromatic carbocycles. The van der Waals surface area contributed by atoms with E-state index in [1.165, 1.54) is 37.8 Å². The summed E-state index contributed by atoms with van der Waals surface area (Å²) in [4.78, 5) is 10.2. The highest BCUT2D eigenvalue weighted by Crippen LogP contribution is 2.25. The molecule has 33 heavy (non-hydrogen) atoms. The number of ether oxygens (including phenoxy) is 1. The fourth-order valence-corrected chi connectivity index (χ4v) is 2.96. The first-order chi connectivity index (χ1) is 16.1. The standard InChI is InChI=1S/C25H27N5O3/c1-2-3-4-5-6-19-33-25-17-13-23(14-18-25)29-27-21-9-7-20(8-10-21)26-28-22-11-15-24(16-12-22)30(31)32/h7-18H,2-6,19H2,1H3. The molecule has 0 fully saturated rings. The van der Waals surface area contributed by atoms with E-state index in [0.717, 1.165) is 24.5 Å². The van der Waals surface area contributed by atoms with E-state index in [1.54, 1.807) is 36.4 Å². The summed E-state index contributed by atoms with van der Waals surface area (Å²) in [6, 6.07) is 20.6. The quantitative estimate of drug-likeness (QED) is 0.120. The average molecular weight is 446 g/mol. The Morgan fingerprint density at radius 1 is 0.667 bits per heavy atom. The predicted molar refractivity (Wildman–Crippen MR) is 129 cm³/mol. The van der Waals surface area contributed by atoms with Crippen LogP contribution in [0.2, 0.25) is 0 Å². The number of benzene rings is 3. The van der Waals surface area contributed by atoms with E-state index < -0.39 is 4.92 Å². The molecule has 0 aliphatic rings. The van der Waals surface area contributed by atoms with E-state index in [4.69, 9.17) is 4.74 Å². The summed E-state index contributed by atoms with van der Waals surface area (Å²) >= 11 is 0. The summed E-state index contributed by atoms with van der Waals surface area (Å²) in [6.45, 7) is 2.95. The second-order valence-electron chi connectivity index (χ2n) is 7.45. The van der Waals surface area contributed by atoms with Gasteiger partial charge in [-0.3, -0.25) is 10.1 Å². The van der Waals surface area contributed by atoms with Crippen LogP contribution in [0.25, 0.3) is 0 Å². The molecule has 0 aromatic heterocycles. The lowest BCUT2D eigenvalue weighted by atomic mass is 10.2. The Hall–Kier alpha value is -3.94. The van der Waals surface area contributed by atoms with Crippen molar-refractivity contribution >= 4 is 28.4 Å². The number of unbranched alkanes of at least 4 members (excludes halogenated alkanes) is 4. The summed E-state index contributed by atoms with van der Waals surface area (Å²) in [5, 5.41) is 27.4. The van der Waals surface area contributed by atoms with Crippen molar-refractivity contribution in [1.82, 2.24) is 0 Å². The van der Waals surface area contributed by atoms with Gasteiger partial charge in [0.1, 0.15) is 5.75 Å². The van der Waals surface area contributed by atoms with Crippen molar-refractivity contribution < 1.29 is 9.66 Å². The van der Waals surface area contributed by atoms with E-state index in [2.05, 4.69) is 27.4 Å². The summed E-state index contributed by atoms with van der Waals surface area (Å²) < 4.78 is 5.77. The number of hydrogen-bond acceptors (Lipinski definition) is 7. The van der Waals surface area contributed by atoms with Gasteiger partial charge in [0.15, 0.2) is 0 Å². The molecule has 3 aromatic rings. The predicted octanol–water partition coefficient (Wildman–Crippen LogP) is 8.77. The smallest absolute Gasteiger partial charge is 0.269 e. The van der Waals surface area contributed by atoms with Crippen LogP contribution in [0.4, 0.5) is 28.4 Å². The molecule has 0 N–H and O–H groups in total. The van der Waals surface area contributed by atoms with Crippen LogP contribution in [0.15, 0.2) is 93.3 Å². The fraction of sp³-hybridized carbons (Fsp3) is 0.280. The molecule has 0 saturated heterocycles. The molecule has 0 spiro atoms. The number of non-ortho nitro benzene ring substituents is 1. The van der Waals surface area contributed by atoms with Gasteiger partial charge in [0.05, 0.1) is 34.3 Å². The Labute approximate surface area is 193 Å². The molecule has 0 heterocycles. The maximum atomic E-state index is 10.7. The number of nitrogens with zero attached hydrogens (tertiary/aromatic N) is 5. The van der Waals surface area contributed by atoms with Crippen LogP contribution in [-0.4, -0.2) is 11.5 Å². The fourth-order valence-electron chi connectivity index (χ4n) is 2.96. The number of azo groups is 2. The van der Waals surface area contributed by atoms with Crippen LogP contribution in [0, 0.1) is 10.1 Å². The number of nitro groups is 1. The molecule has 8 heteroatoms. The third kappa shape index (κ3) is 8.25. The van der Waals surface area contributed by atoms with E-state index in [0.29, 0.717) is 17.1 Å². The largest absolute Gasteiger partial charge is 0.494 e. The van der Waals surface area contributed by atoms with Crippen molar-refractivity contribution in [1.29, 1.82) is 0 Å². The molecule has 0 aliphatic heterocycles. The molecule has 0 bridgehead atoms. The topological polar surface area (TPSA) is 102 Å². The second kappa shape index (κ2) is 12.8. The minimum atomic E-state index is -0.452. The van der Waals surface area contributed by atoms with Gasteiger partial charge in [-0.05, 0) is 67.1 Å². The van der Waals surface area contributed by atoms with E-state index in [-0.39, 0.29) is 5.69 Å². The molecule has 0 radical (unpaired) electrons. The van der Waals surface area contributed by atoms with Gasteiger partial charge in [-0.1, -0.05) is 32.6 Å². The van der Waals surface area contributed by atoms with Gasteiger partial charge in [0.25, 0.3) is 5.69 Å². The normalized spacial score (nSPS) is 11.3. The molecule has 0 unspecified atom stereocenters. The highest BCUT2D eigenvalue weighted by molar-refractivity contribution is 5.49.